The fraction of sp³-hybridized carbons (Fsp3) is 0.200. The molecule has 0 aliphatic carbocycles. The van der Waals surface area contributed by atoms with Crippen molar-refractivity contribution in [2.75, 3.05) is 11.0 Å². The lowest BCUT2D eigenvalue weighted by Gasteiger charge is -2.23. The van der Waals surface area contributed by atoms with Gasteiger partial charge in [0.25, 0.3) is 0 Å². The van der Waals surface area contributed by atoms with E-state index in [1.54, 1.807) is 17.4 Å². The van der Waals surface area contributed by atoms with E-state index in [2.05, 4.69) is 53.9 Å². The molecule has 134 valence electrons. The van der Waals surface area contributed by atoms with Crippen LogP contribution in [0.5, 0.6) is 0 Å². The van der Waals surface area contributed by atoms with Gasteiger partial charge in [-0.05, 0) is 29.1 Å². The number of anilines is 1. The van der Waals surface area contributed by atoms with Crippen LogP contribution in [0.15, 0.2) is 54.7 Å². The maximum Gasteiger partial charge on any atom is 0.229 e. The monoisotopic (exact) mass is 384 g/mol. The van der Waals surface area contributed by atoms with Crippen molar-refractivity contribution in [3.05, 3.63) is 65.2 Å². The van der Waals surface area contributed by atoms with Gasteiger partial charge in [-0.25, -0.2) is 8.42 Å². The number of para-hydroxylation sites is 1. The highest BCUT2D eigenvalue weighted by Crippen LogP contribution is 2.42. The van der Waals surface area contributed by atoms with Crippen LogP contribution < -0.4 is 4.72 Å². The van der Waals surface area contributed by atoms with E-state index >= 15 is 0 Å². The lowest BCUT2D eigenvalue weighted by molar-refractivity contribution is 0.607. The van der Waals surface area contributed by atoms with Gasteiger partial charge in [-0.1, -0.05) is 44.2 Å². The second-order valence-corrected chi connectivity index (χ2v) is 9.91. The molecule has 0 spiro atoms. The van der Waals surface area contributed by atoms with E-state index in [1.165, 1.54) is 15.0 Å². The molecule has 2 N–H and O–H groups in total. The van der Waals surface area contributed by atoms with Gasteiger partial charge in [0, 0.05) is 26.6 Å². The van der Waals surface area contributed by atoms with Crippen molar-refractivity contribution in [1.29, 1.82) is 0 Å². The first-order valence-corrected chi connectivity index (χ1v) is 11.0. The molecule has 0 aliphatic rings. The van der Waals surface area contributed by atoms with E-state index < -0.39 is 10.0 Å². The van der Waals surface area contributed by atoms with Crippen LogP contribution in [-0.2, 0) is 15.4 Å². The van der Waals surface area contributed by atoms with E-state index in [9.17, 15) is 8.42 Å². The highest BCUT2D eigenvalue weighted by Gasteiger charge is 2.28. The molecular formula is C20H20N2O2S2. The Hall–Kier alpha value is -2.31. The number of benzene rings is 2. The quantitative estimate of drug-likeness (QED) is 0.515. The molecule has 6 heteroatoms. The van der Waals surface area contributed by atoms with Gasteiger partial charge in [0.1, 0.15) is 0 Å². The molecule has 2 heterocycles. The Morgan fingerprint density at radius 3 is 2.58 bits per heavy atom. The van der Waals surface area contributed by atoms with Crippen molar-refractivity contribution in [1.82, 2.24) is 4.98 Å². The summed E-state index contributed by atoms with van der Waals surface area (Å²) in [5, 5.41) is 2.28. The molecule has 4 aromatic rings. The summed E-state index contributed by atoms with van der Waals surface area (Å²) in [6.07, 6.45) is 3.15. The summed E-state index contributed by atoms with van der Waals surface area (Å²) < 4.78 is 27.2. The van der Waals surface area contributed by atoms with E-state index in [1.807, 2.05) is 18.3 Å². The summed E-state index contributed by atoms with van der Waals surface area (Å²) in [5.74, 6) is 0. The standard InChI is InChI=1S/C20H20N2O2S2/c1-20(2,18-11-13-7-4-5-10-17(13)25-18)15-12-21-19-14(15)8-6-9-16(19)22-26(3,23)24/h4-12,21-22H,1-3H3. The number of thiophene rings is 1. The number of fused-ring (bicyclic) bond motifs is 2. The van der Waals surface area contributed by atoms with Gasteiger partial charge >= 0.3 is 0 Å². The highest BCUT2D eigenvalue weighted by molar-refractivity contribution is 7.92. The minimum atomic E-state index is -3.33. The van der Waals surface area contributed by atoms with Crippen LogP contribution in [0.3, 0.4) is 0 Å². The third kappa shape index (κ3) is 2.89. The van der Waals surface area contributed by atoms with Crippen molar-refractivity contribution in [3.63, 3.8) is 0 Å². The number of aromatic nitrogens is 1. The van der Waals surface area contributed by atoms with E-state index in [0.29, 0.717) is 5.69 Å². The fourth-order valence-corrected chi connectivity index (χ4v) is 5.13. The fourth-order valence-electron chi connectivity index (χ4n) is 3.38. The normalized spacial score (nSPS) is 12.7. The van der Waals surface area contributed by atoms with Crippen LogP contribution in [0, 0.1) is 0 Å². The first-order valence-electron chi connectivity index (χ1n) is 8.33. The largest absolute Gasteiger partial charge is 0.359 e. The lowest BCUT2D eigenvalue weighted by Crippen LogP contribution is -2.16. The van der Waals surface area contributed by atoms with Crippen LogP contribution in [0.25, 0.3) is 21.0 Å². The van der Waals surface area contributed by atoms with Gasteiger partial charge in [0.15, 0.2) is 0 Å². The molecule has 0 bridgehead atoms. The molecule has 0 fully saturated rings. The summed E-state index contributed by atoms with van der Waals surface area (Å²) in [7, 11) is -3.33. The first kappa shape index (κ1) is 17.1. The molecule has 0 amide bonds. The number of aromatic amines is 1. The van der Waals surface area contributed by atoms with Crippen molar-refractivity contribution >= 4 is 48.0 Å². The van der Waals surface area contributed by atoms with Crippen LogP contribution in [0.1, 0.15) is 24.3 Å². The summed E-state index contributed by atoms with van der Waals surface area (Å²) in [6.45, 7) is 4.41. The average molecular weight is 385 g/mol. The number of rotatable bonds is 4. The summed E-state index contributed by atoms with van der Waals surface area (Å²) in [5.41, 5.74) is 2.33. The van der Waals surface area contributed by atoms with Gasteiger partial charge in [-0.15, -0.1) is 11.3 Å². The second-order valence-electron chi connectivity index (χ2n) is 7.08. The van der Waals surface area contributed by atoms with E-state index in [-0.39, 0.29) is 5.41 Å². The summed E-state index contributed by atoms with van der Waals surface area (Å²) in [4.78, 5) is 4.55. The molecule has 26 heavy (non-hydrogen) atoms. The predicted molar refractivity (Wildman–Crippen MR) is 111 cm³/mol. The van der Waals surface area contributed by atoms with Crippen molar-refractivity contribution in [2.45, 2.75) is 19.3 Å². The first-order chi connectivity index (χ1) is 12.3. The third-order valence-electron chi connectivity index (χ3n) is 4.73. The topological polar surface area (TPSA) is 62.0 Å². The average Bonchev–Trinajstić information content (AvgIpc) is 3.18. The zero-order valence-corrected chi connectivity index (χ0v) is 16.5. The Balaban J connectivity index is 1.86. The minimum Gasteiger partial charge on any atom is -0.359 e. The Morgan fingerprint density at radius 2 is 1.85 bits per heavy atom. The van der Waals surface area contributed by atoms with Crippen LogP contribution >= 0.6 is 11.3 Å². The van der Waals surface area contributed by atoms with Gasteiger partial charge in [0.2, 0.25) is 10.0 Å². The molecular weight excluding hydrogens is 364 g/mol. The Morgan fingerprint density at radius 1 is 1.08 bits per heavy atom. The molecule has 0 aliphatic heterocycles. The summed E-state index contributed by atoms with van der Waals surface area (Å²) >= 11 is 1.80. The highest BCUT2D eigenvalue weighted by atomic mass is 32.2. The molecule has 0 radical (unpaired) electrons. The second kappa shape index (κ2) is 5.86. The minimum absolute atomic E-state index is 0.203. The lowest BCUT2D eigenvalue weighted by atomic mass is 9.83. The molecule has 0 saturated heterocycles. The van der Waals surface area contributed by atoms with Crippen molar-refractivity contribution in [3.8, 4) is 0 Å². The number of nitrogens with one attached hydrogen (secondary N) is 2. The van der Waals surface area contributed by atoms with Gasteiger partial charge < -0.3 is 4.98 Å². The smallest absolute Gasteiger partial charge is 0.229 e. The zero-order valence-electron chi connectivity index (χ0n) is 14.8. The predicted octanol–water partition coefficient (Wildman–Crippen LogP) is 5.08. The molecule has 4 nitrogen and oxygen atoms in total. The van der Waals surface area contributed by atoms with Gasteiger partial charge in [-0.2, -0.15) is 0 Å². The SMILES string of the molecule is CC(C)(c1cc2ccccc2s1)c1c[nH]c2c(NS(C)(=O)=O)cccc12. The molecule has 0 atom stereocenters. The third-order valence-corrected chi connectivity index (χ3v) is 6.76. The Labute approximate surface area is 156 Å². The van der Waals surface area contributed by atoms with Gasteiger partial charge in [-0.3, -0.25) is 4.72 Å². The van der Waals surface area contributed by atoms with Gasteiger partial charge in [0.05, 0.1) is 17.5 Å². The molecule has 2 aromatic heterocycles. The molecule has 0 saturated carbocycles. The maximum absolute atomic E-state index is 11.6. The van der Waals surface area contributed by atoms with Crippen molar-refractivity contribution in [2.24, 2.45) is 0 Å². The van der Waals surface area contributed by atoms with Crippen LogP contribution in [0.2, 0.25) is 0 Å². The van der Waals surface area contributed by atoms with Crippen molar-refractivity contribution < 1.29 is 8.42 Å². The zero-order chi connectivity index (χ0) is 18.5. The van der Waals surface area contributed by atoms with Crippen LogP contribution in [-0.4, -0.2) is 19.7 Å². The summed E-state index contributed by atoms with van der Waals surface area (Å²) in [6, 6.07) is 16.3. The number of H-pyrrole nitrogens is 1. The Kier molecular flexibility index (Phi) is 3.86. The number of hydrogen-bond donors (Lipinski definition) is 2. The molecule has 0 unspecified atom stereocenters. The van der Waals surface area contributed by atoms with E-state index in [0.717, 1.165) is 22.7 Å². The van der Waals surface area contributed by atoms with E-state index in [4.69, 9.17) is 0 Å². The van der Waals surface area contributed by atoms with Crippen LogP contribution in [0.4, 0.5) is 5.69 Å². The number of hydrogen-bond acceptors (Lipinski definition) is 3. The number of sulfonamides is 1. The Bertz CT molecular complexity index is 1180. The molecule has 2 aromatic carbocycles. The molecule has 4 rings (SSSR count). The maximum atomic E-state index is 11.6.